The van der Waals surface area contributed by atoms with E-state index in [9.17, 15) is 20.1 Å². The molecule has 1 unspecified atom stereocenters. The number of urea groups is 1. The Labute approximate surface area is 330 Å². The van der Waals surface area contributed by atoms with E-state index >= 15 is 0 Å². The van der Waals surface area contributed by atoms with Crippen LogP contribution in [0.5, 0.6) is 5.75 Å². The zero-order valence-corrected chi connectivity index (χ0v) is 31.7. The third kappa shape index (κ3) is 8.10. The summed E-state index contributed by atoms with van der Waals surface area (Å²) >= 11 is 0. The highest BCUT2D eigenvalue weighted by Crippen LogP contribution is 2.40. The van der Waals surface area contributed by atoms with Gasteiger partial charge in [0.25, 0.3) is 0 Å². The molecule has 0 bridgehead atoms. The normalized spacial score (nSPS) is 20.6. The second-order valence-electron chi connectivity index (χ2n) is 14.2. The molecule has 0 radical (unpaired) electrons. The molecule has 0 spiro atoms. The summed E-state index contributed by atoms with van der Waals surface area (Å²) in [4.78, 5) is 31.2. The third-order valence-electron chi connectivity index (χ3n) is 10.7. The summed E-state index contributed by atoms with van der Waals surface area (Å²) in [6, 6.07) is 25.9. The lowest BCUT2D eigenvalue weighted by atomic mass is 9.91. The maximum atomic E-state index is 12.9. The van der Waals surface area contributed by atoms with Gasteiger partial charge in [0.2, 0.25) is 5.95 Å². The van der Waals surface area contributed by atoms with E-state index in [0.29, 0.717) is 61.8 Å². The van der Waals surface area contributed by atoms with Crippen molar-refractivity contribution in [3.63, 3.8) is 0 Å². The predicted molar refractivity (Wildman–Crippen MR) is 214 cm³/mol. The van der Waals surface area contributed by atoms with Crippen LogP contribution in [0.4, 0.5) is 16.6 Å². The number of aliphatic hydroxyl groups is 2. The second kappa shape index (κ2) is 16.9. The Balaban J connectivity index is 0.00000480. The number of hydrogen-bond acceptors (Lipinski definition) is 11. The average molecular weight is 780 g/mol. The van der Waals surface area contributed by atoms with Crippen molar-refractivity contribution in [2.75, 3.05) is 29.9 Å². The zero-order valence-electron chi connectivity index (χ0n) is 30.9. The molecule has 3 aromatic heterocycles. The fraction of sp³-hybridized carbons (Fsp3) is 0.350. The third-order valence-corrected chi connectivity index (χ3v) is 10.7. The topological polar surface area (TPSA) is 191 Å². The van der Waals surface area contributed by atoms with Gasteiger partial charge in [0.05, 0.1) is 24.3 Å². The van der Waals surface area contributed by atoms with Crippen molar-refractivity contribution >= 4 is 41.4 Å². The molecular formula is C40H46ClN11O4. The van der Waals surface area contributed by atoms with Gasteiger partial charge in [0.15, 0.2) is 17.0 Å². The van der Waals surface area contributed by atoms with Crippen LogP contribution in [0.1, 0.15) is 60.2 Å². The van der Waals surface area contributed by atoms with Crippen LogP contribution in [0.3, 0.4) is 0 Å². The summed E-state index contributed by atoms with van der Waals surface area (Å²) in [7, 11) is 0. The average Bonchev–Trinajstić information content (AvgIpc) is 4.02. The molecule has 5 atom stereocenters. The number of nitrogens with zero attached hydrogens (tertiary/aromatic N) is 8. The van der Waals surface area contributed by atoms with Crippen molar-refractivity contribution in [2.45, 2.75) is 69.0 Å². The Hall–Kier alpha value is -5.77. The van der Waals surface area contributed by atoms with Gasteiger partial charge in [-0.25, -0.2) is 9.78 Å². The van der Waals surface area contributed by atoms with Crippen molar-refractivity contribution in [1.82, 2.24) is 45.1 Å². The maximum absolute atomic E-state index is 12.9. The fourth-order valence-electron chi connectivity index (χ4n) is 7.68. The van der Waals surface area contributed by atoms with Crippen LogP contribution < -0.4 is 20.9 Å². The first-order valence-corrected chi connectivity index (χ1v) is 18.8. The highest BCUT2D eigenvalue weighted by molar-refractivity contribution is 5.85. The van der Waals surface area contributed by atoms with Crippen LogP contribution in [-0.2, 0) is 13.0 Å². The number of aromatic nitrogens is 7. The molecule has 1 aliphatic carbocycles. The number of aryl methyl sites for hydroxylation is 1. The summed E-state index contributed by atoms with van der Waals surface area (Å²) in [5.41, 5.74) is 4.97. The standard InChI is InChI=1S/C40H45N11O4.ClH/c1-2-28-21-44-51(48-28)33-19-32(35(53)36(33)54)50-24-43-34-37(41-22-31(26-11-5-3-6-12-26)27-13-7-4-8-14-27)46-39(47-38(34)50)49-17-16-29(23-49)45-40(55)42-20-25-10-9-15-30(52)18-25;/h3-15,18,21,24,29,31-33,35-36,52-54H,2,16-17,19-20,22-23H2,1H3,(H,41,46,47)(H2,42,45,55);1H/t29?,32-,33+,35+,36-;/m1./s1. The number of rotatable bonds is 12. The summed E-state index contributed by atoms with van der Waals surface area (Å²) in [6.45, 7) is 3.87. The minimum atomic E-state index is -1.12. The van der Waals surface area contributed by atoms with Gasteiger partial charge < -0.3 is 40.7 Å². The maximum Gasteiger partial charge on any atom is 0.315 e. The van der Waals surface area contributed by atoms with Crippen LogP contribution in [0, 0.1) is 0 Å². The van der Waals surface area contributed by atoms with Crippen LogP contribution in [0.2, 0.25) is 0 Å². The molecule has 6 N–H and O–H groups in total. The molecule has 2 fully saturated rings. The monoisotopic (exact) mass is 779 g/mol. The summed E-state index contributed by atoms with van der Waals surface area (Å²) < 4.78 is 1.83. The number of hydrogen-bond donors (Lipinski definition) is 6. The van der Waals surface area contributed by atoms with E-state index in [4.69, 9.17) is 15.0 Å². The molecule has 2 aliphatic rings. The number of phenols is 1. The summed E-state index contributed by atoms with van der Waals surface area (Å²) in [6.07, 6.45) is 2.88. The molecule has 15 nitrogen and oxygen atoms in total. The number of phenolic OH excluding ortho intramolecular Hbond substituents is 1. The quantitative estimate of drug-likeness (QED) is 0.104. The largest absolute Gasteiger partial charge is 0.508 e. The van der Waals surface area contributed by atoms with Gasteiger partial charge >= 0.3 is 6.03 Å². The lowest BCUT2D eigenvalue weighted by Gasteiger charge is -2.22. The van der Waals surface area contributed by atoms with Gasteiger partial charge in [-0.15, -0.1) is 12.4 Å². The van der Waals surface area contributed by atoms with Crippen LogP contribution >= 0.6 is 12.4 Å². The Morgan fingerprint density at radius 1 is 0.946 bits per heavy atom. The highest BCUT2D eigenvalue weighted by atomic mass is 35.5. The first kappa shape index (κ1) is 38.5. The number of halogens is 1. The molecule has 1 saturated carbocycles. The number of carbonyl (C=O) groups excluding carboxylic acids is 1. The molecule has 3 aromatic carbocycles. The van der Waals surface area contributed by atoms with Crippen molar-refractivity contribution in [1.29, 1.82) is 0 Å². The van der Waals surface area contributed by atoms with Crippen molar-refractivity contribution in [3.05, 3.63) is 120 Å². The zero-order chi connectivity index (χ0) is 37.9. The molecule has 1 saturated heterocycles. The summed E-state index contributed by atoms with van der Waals surface area (Å²) in [5.74, 6) is 1.16. The smallest absolute Gasteiger partial charge is 0.315 e. The number of nitrogens with one attached hydrogen (secondary N) is 3. The van der Waals surface area contributed by atoms with Crippen molar-refractivity contribution in [3.8, 4) is 5.75 Å². The molecule has 1 aliphatic heterocycles. The first-order chi connectivity index (χ1) is 26.8. The predicted octanol–water partition coefficient (Wildman–Crippen LogP) is 4.34. The fourth-order valence-corrected chi connectivity index (χ4v) is 7.68. The summed E-state index contributed by atoms with van der Waals surface area (Å²) in [5, 5.41) is 50.8. The van der Waals surface area contributed by atoms with Gasteiger partial charge in [-0.3, -0.25) is 0 Å². The number of carbonyl (C=O) groups is 1. The number of imidazole rings is 1. The minimum absolute atomic E-state index is 0. The van der Waals surface area contributed by atoms with Gasteiger partial charge in [-0.1, -0.05) is 79.7 Å². The van der Waals surface area contributed by atoms with Crippen molar-refractivity contribution < 1.29 is 20.1 Å². The number of aliphatic hydroxyl groups excluding tert-OH is 2. The molecule has 8 rings (SSSR count). The molecule has 2 amide bonds. The van der Waals surface area contributed by atoms with Gasteiger partial charge in [-0.2, -0.15) is 25.0 Å². The molecule has 292 valence electrons. The van der Waals surface area contributed by atoms with E-state index in [1.54, 1.807) is 30.7 Å². The minimum Gasteiger partial charge on any atom is -0.508 e. The lowest BCUT2D eigenvalue weighted by molar-refractivity contribution is 0.00497. The number of aromatic hydroxyl groups is 1. The van der Waals surface area contributed by atoms with Gasteiger partial charge in [0, 0.05) is 38.1 Å². The first-order valence-electron chi connectivity index (χ1n) is 18.8. The van der Waals surface area contributed by atoms with Gasteiger partial charge in [-0.05, 0) is 48.1 Å². The molecule has 56 heavy (non-hydrogen) atoms. The highest BCUT2D eigenvalue weighted by Gasteiger charge is 2.45. The van der Waals surface area contributed by atoms with E-state index < -0.39 is 24.3 Å². The molecule has 6 aromatic rings. The molecular weight excluding hydrogens is 734 g/mol. The lowest BCUT2D eigenvalue weighted by Crippen LogP contribution is -2.43. The Morgan fingerprint density at radius 2 is 1.68 bits per heavy atom. The Kier molecular flexibility index (Phi) is 11.6. The second-order valence-corrected chi connectivity index (χ2v) is 14.2. The van der Waals surface area contributed by atoms with E-state index in [1.807, 2.05) is 58.9 Å². The van der Waals surface area contributed by atoms with Crippen molar-refractivity contribution in [2.24, 2.45) is 0 Å². The molecule has 4 heterocycles. The number of amides is 2. The molecule has 16 heteroatoms. The van der Waals surface area contributed by atoms with E-state index in [0.717, 1.165) is 22.4 Å². The van der Waals surface area contributed by atoms with E-state index in [1.165, 1.54) is 4.80 Å². The van der Waals surface area contributed by atoms with Crippen LogP contribution in [-0.4, -0.2) is 93.7 Å². The number of anilines is 2. The number of fused-ring (bicyclic) bond motifs is 1. The number of benzene rings is 3. The van der Waals surface area contributed by atoms with E-state index in [-0.39, 0.29) is 42.7 Å². The van der Waals surface area contributed by atoms with Crippen LogP contribution in [0.25, 0.3) is 11.2 Å². The SMILES string of the molecule is CCc1cnn([C@H]2C[C@@H](n3cnc4c(NCC(c5ccccc5)c5ccccc5)nc(N5CCC(NC(=O)NCc6cccc(O)c6)C5)nc43)[C@H](O)[C@@H]2O)n1.Cl. The van der Waals surface area contributed by atoms with E-state index in [2.05, 4.69) is 50.4 Å². The van der Waals surface area contributed by atoms with Crippen LogP contribution in [0.15, 0.2) is 97.5 Å². The van der Waals surface area contributed by atoms with Gasteiger partial charge in [0.1, 0.15) is 24.0 Å². The Bertz CT molecular complexity index is 2200. The Morgan fingerprint density at radius 3 is 2.38 bits per heavy atom.